The number of methoxy groups -OCH3 is 2. The van der Waals surface area contributed by atoms with E-state index >= 15 is 0 Å². The quantitative estimate of drug-likeness (QED) is 0.617. The van der Waals surface area contributed by atoms with Crippen LogP contribution in [0.4, 0.5) is 11.4 Å². The summed E-state index contributed by atoms with van der Waals surface area (Å²) >= 11 is 0. The number of anilines is 2. The van der Waals surface area contributed by atoms with Crippen molar-refractivity contribution in [1.82, 2.24) is 0 Å². The molecule has 184 valence electrons. The summed E-state index contributed by atoms with van der Waals surface area (Å²) in [7, 11) is 3.39. The maximum Gasteiger partial charge on any atom is 0.305 e. The minimum Gasteiger partial charge on any atom is -0.497 e. The fraction of sp³-hybridized carbons (Fsp3) is 0.519. The largest absolute Gasteiger partial charge is 0.497 e. The van der Waals surface area contributed by atoms with E-state index in [1.807, 2.05) is 30.3 Å². The number of carboxylic acid groups (broad SMARTS) is 1. The molecule has 2 aromatic rings. The molecule has 0 amide bonds. The van der Waals surface area contributed by atoms with E-state index in [9.17, 15) is 9.90 Å². The Labute approximate surface area is 202 Å². The molecule has 2 saturated heterocycles. The van der Waals surface area contributed by atoms with Gasteiger partial charge in [0.25, 0.3) is 0 Å². The monoisotopic (exact) mass is 468 g/mol. The molecule has 34 heavy (non-hydrogen) atoms. The van der Waals surface area contributed by atoms with Crippen molar-refractivity contribution in [3.05, 3.63) is 48.0 Å². The molecular formula is C27H36N2O5. The Kier molecular flexibility index (Phi) is 7.51. The molecule has 0 spiro atoms. The van der Waals surface area contributed by atoms with E-state index in [-0.39, 0.29) is 24.7 Å². The van der Waals surface area contributed by atoms with Crippen LogP contribution in [0.1, 0.15) is 31.7 Å². The van der Waals surface area contributed by atoms with Gasteiger partial charge in [-0.25, -0.2) is 0 Å². The van der Waals surface area contributed by atoms with Crippen molar-refractivity contribution in [1.29, 1.82) is 0 Å². The smallest absolute Gasteiger partial charge is 0.305 e. The first-order chi connectivity index (χ1) is 16.4. The number of piperidine rings is 1. The van der Waals surface area contributed by atoms with Gasteiger partial charge in [0, 0.05) is 62.6 Å². The molecule has 1 N–H and O–H groups in total. The summed E-state index contributed by atoms with van der Waals surface area (Å²) in [5, 5.41) is 9.28. The van der Waals surface area contributed by atoms with E-state index in [1.54, 1.807) is 14.2 Å². The van der Waals surface area contributed by atoms with Gasteiger partial charge in [0.15, 0.2) is 0 Å². The molecule has 0 radical (unpaired) electrons. The average molecular weight is 469 g/mol. The summed E-state index contributed by atoms with van der Waals surface area (Å²) in [6.07, 6.45) is 1.99. The number of carbonyl (C=O) groups is 1. The Hall–Kier alpha value is -2.93. The lowest BCUT2D eigenvalue weighted by molar-refractivity contribution is -0.137. The minimum absolute atomic E-state index is 0.0551. The van der Waals surface area contributed by atoms with Crippen LogP contribution in [0.25, 0.3) is 0 Å². The Morgan fingerprint density at radius 2 is 1.82 bits per heavy atom. The van der Waals surface area contributed by atoms with Gasteiger partial charge in [-0.2, -0.15) is 0 Å². The topological polar surface area (TPSA) is 71.5 Å². The molecular weight excluding hydrogens is 432 g/mol. The molecule has 2 fully saturated rings. The molecule has 2 heterocycles. The molecule has 2 aliphatic rings. The molecule has 7 heteroatoms. The molecule has 0 aliphatic carbocycles. The van der Waals surface area contributed by atoms with E-state index in [2.05, 4.69) is 35.8 Å². The molecule has 0 saturated carbocycles. The predicted molar refractivity (Wildman–Crippen MR) is 133 cm³/mol. The summed E-state index contributed by atoms with van der Waals surface area (Å²) in [6, 6.07) is 14.2. The van der Waals surface area contributed by atoms with E-state index in [1.165, 1.54) is 11.3 Å². The van der Waals surface area contributed by atoms with Gasteiger partial charge >= 0.3 is 5.97 Å². The second-order valence-corrected chi connectivity index (χ2v) is 9.51. The van der Waals surface area contributed by atoms with Crippen molar-refractivity contribution >= 4 is 17.3 Å². The summed E-state index contributed by atoms with van der Waals surface area (Å²) in [5.41, 5.74) is 3.49. The number of ether oxygens (including phenoxy) is 3. The normalized spacial score (nSPS) is 24.8. The number of hydrogen-bond acceptors (Lipinski definition) is 6. The fourth-order valence-corrected chi connectivity index (χ4v) is 5.22. The van der Waals surface area contributed by atoms with Crippen LogP contribution in [-0.4, -0.2) is 63.2 Å². The third-order valence-corrected chi connectivity index (χ3v) is 7.16. The average Bonchev–Trinajstić information content (AvgIpc) is 3.23. The van der Waals surface area contributed by atoms with Gasteiger partial charge in [-0.3, -0.25) is 4.79 Å². The van der Waals surface area contributed by atoms with Crippen molar-refractivity contribution in [2.75, 3.05) is 43.7 Å². The van der Waals surface area contributed by atoms with E-state index < -0.39 is 5.97 Å². The molecule has 4 atom stereocenters. The van der Waals surface area contributed by atoms with Crippen molar-refractivity contribution in [2.45, 2.75) is 51.4 Å². The van der Waals surface area contributed by atoms with Gasteiger partial charge in [-0.05, 0) is 49.2 Å². The summed E-state index contributed by atoms with van der Waals surface area (Å²) in [6.45, 7) is 6.95. The Morgan fingerprint density at radius 1 is 1.09 bits per heavy atom. The Bertz CT molecular complexity index is 979. The number of hydrogen-bond donors (Lipinski definition) is 1. The van der Waals surface area contributed by atoms with Gasteiger partial charge < -0.3 is 29.1 Å². The van der Waals surface area contributed by atoms with Crippen LogP contribution in [0, 0.1) is 12.8 Å². The van der Waals surface area contributed by atoms with Crippen LogP contribution in [0.3, 0.4) is 0 Å². The maximum atomic E-state index is 11.3. The van der Waals surface area contributed by atoms with Crippen molar-refractivity contribution < 1.29 is 24.1 Å². The highest BCUT2D eigenvalue weighted by molar-refractivity contribution is 5.69. The van der Waals surface area contributed by atoms with E-state index in [4.69, 9.17) is 14.2 Å². The summed E-state index contributed by atoms with van der Waals surface area (Å²) in [5.74, 6) is 1.33. The molecule has 2 aromatic carbocycles. The Balaban J connectivity index is 1.38. The molecule has 7 nitrogen and oxygen atoms in total. The highest BCUT2D eigenvalue weighted by Gasteiger charge is 2.34. The van der Waals surface area contributed by atoms with Crippen LogP contribution in [0.5, 0.6) is 11.5 Å². The standard InChI is InChI=1S/C27H36N2O5/c1-18-5-8-23(32-3)15-25(18)28-12-11-26(19(2)16-28)34-22-9-6-20(7-10-22)29-17-24(33-4)13-21(29)14-27(30)31/h5-10,15,19,21,24,26H,11-14,16-17H2,1-4H3,(H,30,31)/t19?,21-,24-,26?/m1/s1. The van der Waals surface area contributed by atoms with Gasteiger partial charge in [-0.1, -0.05) is 13.0 Å². The van der Waals surface area contributed by atoms with Crippen molar-refractivity contribution in [2.24, 2.45) is 5.92 Å². The van der Waals surface area contributed by atoms with Gasteiger partial charge in [0.05, 0.1) is 19.6 Å². The van der Waals surface area contributed by atoms with Crippen LogP contribution in [0.15, 0.2) is 42.5 Å². The fourth-order valence-electron chi connectivity index (χ4n) is 5.22. The Morgan fingerprint density at radius 3 is 2.47 bits per heavy atom. The van der Waals surface area contributed by atoms with Crippen LogP contribution >= 0.6 is 0 Å². The van der Waals surface area contributed by atoms with E-state index in [0.29, 0.717) is 12.5 Å². The number of benzene rings is 2. The van der Waals surface area contributed by atoms with E-state index in [0.717, 1.165) is 43.1 Å². The number of aryl methyl sites for hydroxylation is 1. The second kappa shape index (κ2) is 10.6. The lowest BCUT2D eigenvalue weighted by Gasteiger charge is -2.39. The first-order valence-electron chi connectivity index (χ1n) is 12.1. The summed E-state index contributed by atoms with van der Waals surface area (Å²) in [4.78, 5) is 15.9. The SMILES string of the molecule is COc1ccc(C)c(N2CCC(Oc3ccc(N4C[C@H](OC)C[C@@H]4CC(=O)O)cc3)C(C)C2)c1. The molecule has 2 unspecified atom stereocenters. The van der Waals surface area contributed by atoms with Gasteiger partial charge in [0.1, 0.15) is 17.6 Å². The third-order valence-electron chi connectivity index (χ3n) is 7.16. The zero-order valence-corrected chi connectivity index (χ0v) is 20.6. The maximum absolute atomic E-state index is 11.3. The minimum atomic E-state index is -0.781. The zero-order chi connectivity index (χ0) is 24.2. The number of carboxylic acids is 1. The number of rotatable bonds is 8. The van der Waals surface area contributed by atoms with Crippen LogP contribution in [0.2, 0.25) is 0 Å². The first-order valence-corrected chi connectivity index (χ1v) is 12.1. The highest BCUT2D eigenvalue weighted by Crippen LogP contribution is 2.33. The molecule has 4 rings (SSSR count). The molecule has 0 bridgehead atoms. The van der Waals surface area contributed by atoms with Crippen molar-refractivity contribution in [3.8, 4) is 11.5 Å². The lowest BCUT2D eigenvalue weighted by atomic mass is 9.95. The second-order valence-electron chi connectivity index (χ2n) is 9.51. The number of aliphatic carboxylic acids is 1. The van der Waals surface area contributed by atoms with Crippen molar-refractivity contribution in [3.63, 3.8) is 0 Å². The van der Waals surface area contributed by atoms with Gasteiger partial charge in [0.2, 0.25) is 0 Å². The van der Waals surface area contributed by atoms with Gasteiger partial charge in [-0.15, -0.1) is 0 Å². The highest BCUT2D eigenvalue weighted by atomic mass is 16.5. The molecule has 0 aromatic heterocycles. The first kappa shape index (κ1) is 24.2. The summed E-state index contributed by atoms with van der Waals surface area (Å²) < 4.78 is 17.3. The van der Waals surface area contributed by atoms with Crippen LogP contribution < -0.4 is 19.3 Å². The molecule has 2 aliphatic heterocycles. The number of nitrogens with zero attached hydrogens (tertiary/aromatic N) is 2. The lowest BCUT2D eigenvalue weighted by Crippen LogP contribution is -2.44. The predicted octanol–water partition coefficient (Wildman–Crippen LogP) is 4.37. The third kappa shape index (κ3) is 5.41. The zero-order valence-electron chi connectivity index (χ0n) is 20.6. The van der Waals surface area contributed by atoms with Crippen LogP contribution in [-0.2, 0) is 9.53 Å².